The van der Waals surface area contributed by atoms with Crippen molar-refractivity contribution in [2.45, 2.75) is 13.5 Å². The lowest BCUT2D eigenvalue weighted by atomic mass is 10.1. The van der Waals surface area contributed by atoms with Crippen LogP contribution in [0, 0.1) is 6.92 Å². The number of ether oxygens (including phenoxy) is 1. The van der Waals surface area contributed by atoms with Gasteiger partial charge in [-0.25, -0.2) is 0 Å². The first kappa shape index (κ1) is 20.0. The number of carbonyl (C=O) groups is 1. The van der Waals surface area contributed by atoms with E-state index in [2.05, 4.69) is 10.2 Å². The van der Waals surface area contributed by atoms with E-state index >= 15 is 0 Å². The topological polar surface area (TPSA) is 41.6 Å². The molecule has 0 fully saturated rings. The average Bonchev–Trinajstić information content (AvgIpc) is 2.53. The first-order valence-corrected chi connectivity index (χ1v) is 7.76. The molecule has 24 heavy (non-hydrogen) atoms. The van der Waals surface area contributed by atoms with E-state index < -0.39 is 0 Å². The molecule has 0 aromatic heterocycles. The standard InChI is InChI=1S/C19H24N2O2.ClH/c1-15-5-4-6-17(13-15)19(22)20-14-16-7-9-18(10-8-16)23-12-11-21(2)3;/h4-10,13H,11-12,14H2,1-3H3,(H,20,22);1H. The van der Waals surface area contributed by atoms with Gasteiger partial charge in [0.05, 0.1) is 0 Å². The van der Waals surface area contributed by atoms with Crippen LogP contribution in [0.2, 0.25) is 0 Å². The summed E-state index contributed by atoms with van der Waals surface area (Å²) in [5.74, 6) is 0.792. The van der Waals surface area contributed by atoms with E-state index in [1.54, 1.807) is 0 Å². The lowest BCUT2D eigenvalue weighted by molar-refractivity contribution is 0.0951. The maximum absolute atomic E-state index is 12.1. The summed E-state index contributed by atoms with van der Waals surface area (Å²) in [6, 6.07) is 15.4. The van der Waals surface area contributed by atoms with Gasteiger partial charge >= 0.3 is 0 Å². The Labute approximate surface area is 150 Å². The van der Waals surface area contributed by atoms with Crippen molar-refractivity contribution in [2.75, 3.05) is 27.2 Å². The van der Waals surface area contributed by atoms with Gasteiger partial charge in [-0.1, -0.05) is 29.8 Å². The summed E-state index contributed by atoms with van der Waals surface area (Å²) in [6.07, 6.45) is 0. The molecule has 0 radical (unpaired) electrons. The lowest BCUT2D eigenvalue weighted by Gasteiger charge is -2.11. The smallest absolute Gasteiger partial charge is 0.251 e. The van der Waals surface area contributed by atoms with E-state index in [0.29, 0.717) is 18.7 Å². The van der Waals surface area contributed by atoms with Crippen LogP contribution in [0.4, 0.5) is 0 Å². The number of nitrogens with zero attached hydrogens (tertiary/aromatic N) is 1. The number of carbonyl (C=O) groups excluding carboxylic acids is 1. The van der Waals surface area contributed by atoms with Gasteiger partial charge in [0.1, 0.15) is 12.4 Å². The van der Waals surface area contributed by atoms with E-state index in [9.17, 15) is 4.79 Å². The van der Waals surface area contributed by atoms with Gasteiger partial charge in [-0.3, -0.25) is 4.79 Å². The molecule has 0 bridgehead atoms. The molecular weight excluding hydrogens is 324 g/mol. The highest BCUT2D eigenvalue weighted by molar-refractivity contribution is 5.94. The second kappa shape index (κ2) is 9.96. The molecule has 1 N–H and O–H groups in total. The van der Waals surface area contributed by atoms with E-state index in [1.807, 2.05) is 69.6 Å². The van der Waals surface area contributed by atoms with Gasteiger partial charge in [0, 0.05) is 18.7 Å². The number of hydrogen-bond donors (Lipinski definition) is 1. The van der Waals surface area contributed by atoms with Crippen molar-refractivity contribution >= 4 is 18.3 Å². The summed E-state index contributed by atoms with van der Waals surface area (Å²) in [4.78, 5) is 14.2. The third kappa shape index (κ3) is 6.60. The zero-order valence-electron chi connectivity index (χ0n) is 14.4. The van der Waals surface area contributed by atoms with Crippen LogP contribution in [-0.2, 0) is 6.54 Å². The Hall–Kier alpha value is -2.04. The lowest BCUT2D eigenvalue weighted by Crippen LogP contribution is -2.22. The predicted octanol–water partition coefficient (Wildman–Crippen LogP) is 3.29. The number of halogens is 1. The summed E-state index contributed by atoms with van der Waals surface area (Å²) in [7, 11) is 4.03. The first-order valence-electron chi connectivity index (χ1n) is 7.76. The van der Waals surface area contributed by atoms with Gasteiger partial charge in [0.15, 0.2) is 0 Å². The molecule has 0 atom stereocenters. The Kier molecular flexibility index (Phi) is 8.30. The molecule has 4 nitrogen and oxygen atoms in total. The Bertz CT molecular complexity index is 642. The van der Waals surface area contributed by atoms with E-state index in [1.165, 1.54) is 0 Å². The minimum Gasteiger partial charge on any atom is -0.492 e. The van der Waals surface area contributed by atoms with Crippen molar-refractivity contribution in [1.29, 1.82) is 0 Å². The van der Waals surface area contributed by atoms with Crippen LogP contribution in [-0.4, -0.2) is 38.1 Å². The summed E-state index contributed by atoms with van der Waals surface area (Å²) >= 11 is 0. The molecule has 0 spiro atoms. The predicted molar refractivity (Wildman–Crippen MR) is 100 cm³/mol. The zero-order chi connectivity index (χ0) is 16.7. The second-order valence-corrected chi connectivity index (χ2v) is 5.85. The van der Waals surface area contributed by atoms with Crippen molar-refractivity contribution in [3.05, 3.63) is 65.2 Å². The molecule has 2 rings (SSSR count). The molecule has 2 aromatic carbocycles. The number of rotatable bonds is 7. The van der Waals surface area contributed by atoms with Crippen molar-refractivity contribution < 1.29 is 9.53 Å². The molecule has 0 aliphatic rings. The first-order chi connectivity index (χ1) is 11.0. The van der Waals surface area contributed by atoms with Crippen molar-refractivity contribution in [3.8, 4) is 5.75 Å². The number of aryl methyl sites for hydroxylation is 1. The number of nitrogens with one attached hydrogen (secondary N) is 1. The molecule has 5 heteroatoms. The molecule has 2 aromatic rings. The highest BCUT2D eigenvalue weighted by Crippen LogP contribution is 2.12. The van der Waals surface area contributed by atoms with E-state index in [4.69, 9.17) is 4.74 Å². The van der Waals surface area contributed by atoms with Gasteiger partial charge in [-0.05, 0) is 50.8 Å². The number of amides is 1. The summed E-state index contributed by atoms with van der Waals surface area (Å²) < 4.78 is 5.65. The molecular formula is C19H25ClN2O2. The van der Waals surface area contributed by atoms with Gasteiger partial charge in [0.25, 0.3) is 5.91 Å². The fourth-order valence-electron chi connectivity index (χ4n) is 2.12. The van der Waals surface area contributed by atoms with Gasteiger partial charge in [-0.15, -0.1) is 12.4 Å². The Balaban J connectivity index is 0.00000288. The Morgan fingerprint density at radius 2 is 1.83 bits per heavy atom. The summed E-state index contributed by atoms with van der Waals surface area (Å²) in [5, 5.41) is 2.93. The van der Waals surface area contributed by atoms with E-state index in [0.717, 1.165) is 23.4 Å². The minimum atomic E-state index is -0.0555. The number of benzene rings is 2. The molecule has 0 saturated heterocycles. The van der Waals surface area contributed by atoms with Crippen LogP contribution in [0.5, 0.6) is 5.75 Å². The van der Waals surface area contributed by atoms with Crippen LogP contribution >= 0.6 is 12.4 Å². The van der Waals surface area contributed by atoms with Crippen molar-refractivity contribution in [3.63, 3.8) is 0 Å². The maximum Gasteiger partial charge on any atom is 0.251 e. The highest BCUT2D eigenvalue weighted by Gasteiger charge is 2.05. The minimum absolute atomic E-state index is 0. The zero-order valence-corrected chi connectivity index (χ0v) is 15.2. The molecule has 0 saturated carbocycles. The monoisotopic (exact) mass is 348 g/mol. The molecule has 0 aliphatic heterocycles. The SMILES string of the molecule is Cc1cccc(C(=O)NCc2ccc(OCCN(C)C)cc2)c1.Cl. The summed E-state index contributed by atoms with van der Waals surface area (Å²) in [5.41, 5.74) is 2.82. The Morgan fingerprint density at radius 1 is 1.12 bits per heavy atom. The number of hydrogen-bond acceptors (Lipinski definition) is 3. The molecule has 0 heterocycles. The molecule has 1 amide bonds. The fourth-order valence-corrected chi connectivity index (χ4v) is 2.12. The third-order valence-electron chi connectivity index (χ3n) is 3.46. The van der Waals surface area contributed by atoms with Crippen molar-refractivity contribution in [2.24, 2.45) is 0 Å². The van der Waals surface area contributed by atoms with Gasteiger partial charge < -0.3 is 15.0 Å². The Morgan fingerprint density at radius 3 is 2.46 bits per heavy atom. The second-order valence-electron chi connectivity index (χ2n) is 5.85. The van der Waals surface area contributed by atoms with Gasteiger partial charge in [-0.2, -0.15) is 0 Å². The molecule has 0 aliphatic carbocycles. The molecule has 130 valence electrons. The number of likely N-dealkylation sites (N-methyl/N-ethyl adjacent to an activating group) is 1. The van der Waals surface area contributed by atoms with E-state index in [-0.39, 0.29) is 18.3 Å². The summed E-state index contributed by atoms with van der Waals surface area (Å²) in [6.45, 7) is 4.03. The highest BCUT2D eigenvalue weighted by atomic mass is 35.5. The van der Waals surface area contributed by atoms with Crippen LogP contribution < -0.4 is 10.1 Å². The molecule has 0 unspecified atom stereocenters. The van der Waals surface area contributed by atoms with Crippen molar-refractivity contribution in [1.82, 2.24) is 10.2 Å². The fraction of sp³-hybridized carbons (Fsp3) is 0.316. The largest absolute Gasteiger partial charge is 0.492 e. The quantitative estimate of drug-likeness (QED) is 0.834. The normalized spacial score (nSPS) is 10.2. The van der Waals surface area contributed by atoms with Crippen LogP contribution in [0.3, 0.4) is 0 Å². The maximum atomic E-state index is 12.1. The van der Waals surface area contributed by atoms with Crippen LogP contribution in [0.25, 0.3) is 0 Å². The van der Waals surface area contributed by atoms with Crippen LogP contribution in [0.15, 0.2) is 48.5 Å². The average molecular weight is 349 g/mol. The third-order valence-corrected chi connectivity index (χ3v) is 3.46. The van der Waals surface area contributed by atoms with Crippen LogP contribution in [0.1, 0.15) is 21.5 Å². The van der Waals surface area contributed by atoms with Gasteiger partial charge in [0.2, 0.25) is 0 Å².